The lowest BCUT2D eigenvalue weighted by atomic mass is 10.6. The Morgan fingerprint density at radius 2 is 0.905 bits per heavy atom. The van der Waals surface area contributed by atoms with Crippen molar-refractivity contribution in [3.63, 3.8) is 0 Å². The van der Waals surface area contributed by atoms with E-state index in [4.69, 9.17) is 0 Å². The minimum absolute atomic E-state index is 1.41. The number of hydrogen-bond donors (Lipinski definition) is 0. The van der Waals surface area contributed by atoms with Gasteiger partial charge >= 0.3 is 25.2 Å². The van der Waals surface area contributed by atoms with Crippen molar-refractivity contribution >= 4 is 15.9 Å². The Morgan fingerprint density at radius 3 is 1.10 bits per heavy atom. The summed E-state index contributed by atoms with van der Waals surface area (Å²) in [4.78, 5) is -5.14. The van der Waals surface area contributed by atoms with Crippen LogP contribution in [-0.4, -0.2) is 35.0 Å². The van der Waals surface area contributed by atoms with Gasteiger partial charge in [0.1, 0.15) is 4.61 Å². The second kappa shape index (κ2) is 5.64. The van der Waals surface area contributed by atoms with Gasteiger partial charge in [0.05, 0.1) is 0 Å². The molecule has 0 aromatic heterocycles. The Labute approximate surface area is 115 Å². The van der Waals surface area contributed by atoms with Crippen molar-refractivity contribution in [2.45, 2.75) is 25.2 Å². The number of hydrogen-bond acceptors (Lipinski definition) is 2. The maximum Gasteiger partial charge on any atom is 0.492 e. The molecule has 15 heteroatoms. The molecule has 0 unspecified atom stereocenters. The summed E-state index contributed by atoms with van der Waals surface area (Å²) in [7, 11) is 0. The first-order valence-corrected chi connectivity index (χ1v) is 4.91. The van der Waals surface area contributed by atoms with Gasteiger partial charge in [-0.3, -0.25) is 0 Å². The molecule has 0 atom stereocenters. The summed E-state index contributed by atoms with van der Waals surface area (Å²) in [5.41, 5.74) is 0. The summed E-state index contributed by atoms with van der Waals surface area (Å²) in [5, 5.41) is 0. The predicted molar refractivity (Wildman–Crippen MR) is 44.9 cm³/mol. The highest BCUT2D eigenvalue weighted by Gasteiger charge is 2.57. The van der Waals surface area contributed by atoms with E-state index in [1.165, 1.54) is 15.9 Å². The zero-order valence-corrected chi connectivity index (χ0v) is 10.5. The molecule has 2 nitrogen and oxygen atoms in total. The summed E-state index contributed by atoms with van der Waals surface area (Å²) in [6, 6.07) is 0. The first-order valence-electron chi connectivity index (χ1n) is 4.12. The molecule has 0 rings (SSSR count). The average Bonchev–Trinajstić information content (AvgIpc) is 2.04. The van der Waals surface area contributed by atoms with E-state index >= 15 is 0 Å². The molecule has 0 aliphatic heterocycles. The molecule has 0 aromatic rings. The van der Waals surface area contributed by atoms with Gasteiger partial charge in [0.15, 0.2) is 0 Å². The highest BCUT2D eigenvalue weighted by molar-refractivity contribution is 9.11. The maximum absolute atomic E-state index is 12.1. The molecule has 0 radical (unpaired) electrons. The van der Waals surface area contributed by atoms with Crippen LogP contribution in [0.1, 0.15) is 0 Å². The third-order valence-electron chi connectivity index (χ3n) is 1.50. The summed E-state index contributed by atoms with van der Waals surface area (Å²) in [6.45, 7) is 0. The maximum atomic E-state index is 12.1. The third-order valence-corrected chi connectivity index (χ3v) is 2.06. The van der Waals surface area contributed by atoms with E-state index in [1.54, 1.807) is 0 Å². The van der Waals surface area contributed by atoms with E-state index in [0.29, 0.717) is 0 Å². The fourth-order valence-electron chi connectivity index (χ4n) is 0.840. The highest BCUT2D eigenvalue weighted by atomic mass is 79.9. The van der Waals surface area contributed by atoms with E-state index in [1.807, 2.05) is 0 Å². The van der Waals surface area contributed by atoms with Gasteiger partial charge in [0.2, 0.25) is 0 Å². The molecular formula is C6HBrF12N2. The van der Waals surface area contributed by atoms with Crippen LogP contribution < -0.4 is 0 Å². The fourth-order valence-corrected chi connectivity index (χ4v) is 1.45. The second-order valence-corrected chi connectivity index (χ2v) is 3.84. The minimum Gasteiger partial charge on any atom is -0.198 e. The molecule has 0 fully saturated rings. The lowest BCUT2D eigenvalue weighted by Gasteiger charge is -2.31. The lowest BCUT2D eigenvalue weighted by Crippen LogP contribution is -2.48. The SMILES string of the molecule is FC(F)(F)N(C=C(Br)N(C(F)(F)F)C(F)(F)F)C(F)(F)F. The molecule has 21 heavy (non-hydrogen) atoms. The van der Waals surface area contributed by atoms with Crippen LogP contribution in [0.3, 0.4) is 0 Å². The zero-order chi connectivity index (χ0) is 17.4. The number of alkyl halides is 12. The normalized spacial score (nSPS) is 15.2. The van der Waals surface area contributed by atoms with Crippen molar-refractivity contribution < 1.29 is 52.7 Å². The molecule has 0 saturated carbocycles. The molecule has 0 aliphatic carbocycles. The van der Waals surface area contributed by atoms with Crippen LogP contribution in [-0.2, 0) is 0 Å². The van der Waals surface area contributed by atoms with E-state index in [9.17, 15) is 52.7 Å². The van der Waals surface area contributed by atoms with Crippen LogP contribution in [0.25, 0.3) is 0 Å². The fraction of sp³-hybridized carbons (Fsp3) is 0.667. The van der Waals surface area contributed by atoms with Crippen LogP contribution in [0.4, 0.5) is 52.7 Å². The summed E-state index contributed by atoms with van der Waals surface area (Å²) in [6.07, 6.45) is -26.6. The topological polar surface area (TPSA) is 6.48 Å². The number of nitrogens with zero attached hydrogens (tertiary/aromatic N) is 2. The summed E-state index contributed by atoms with van der Waals surface area (Å²) >= 11 is 1.41. The smallest absolute Gasteiger partial charge is 0.198 e. The zero-order valence-electron chi connectivity index (χ0n) is 8.89. The second-order valence-electron chi connectivity index (χ2n) is 3.03. The van der Waals surface area contributed by atoms with Crippen LogP contribution in [0, 0.1) is 0 Å². The quantitative estimate of drug-likeness (QED) is 0.475. The Kier molecular flexibility index (Phi) is 5.37. The monoisotopic (exact) mass is 408 g/mol. The van der Waals surface area contributed by atoms with Crippen LogP contribution in [0.2, 0.25) is 0 Å². The standard InChI is InChI=1S/C6HBrF12N2/c7-2(21(5(14,15)16)6(17,18)19)1-20(3(8,9)10)4(11,12)13/h1H. The van der Waals surface area contributed by atoms with Gasteiger partial charge in [-0.25, -0.2) is 0 Å². The van der Waals surface area contributed by atoms with Gasteiger partial charge in [-0.15, -0.1) is 52.7 Å². The molecule has 0 bridgehead atoms. The molecule has 0 amide bonds. The van der Waals surface area contributed by atoms with E-state index < -0.39 is 45.8 Å². The lowest BCUT2D eigenvalue weighted by molar-refractivity contribution is -0.365. The largest absolute Gasteiger partial charge is 0.492 e. The summed E-state index contributed by atoms with van der Waals surface area (Å²) < 4.78 is 142. The Morgan fingerprint density at radius 1 is 0.619 bits per heavy atom. The van der Waals surface area contributed by atoms with Crippen molar-refractivity contribution in [3.8, 4) is 0 Å². The minimum atomic E-state index is -6.31. The van der Waals surface area contributed by atoms with Crippen molar-refractivity contribution in [2.75, 3.05) is 0 Å². The Hall–Kier alpha value is -1.02. The average molecular weight is 409 g/mol. The van der Waals surface area contributed by atoms with Crippen molar-refractivity contribution in [1.82, 2.24) is 9.80 Å². The van der Waals surface area contributed by atoms with Crippen LogP contribution in [0.5, 0.6) is 0 Å². The van der Waals surface area contributed by atoms with Gasteiger partial charge in [-0.1, -0.05) is 0 Å². The number of halogens is 13. The van der Waals surface area contributed by atoms with Gasteiger partial charge < -0.3 is 0 Å². The highest BCUT2D eigenvalue weighted by Crippen LogP contribution is 2.41. The molecule has 0 saturated heterocycles. The molecule has 0 N–H and O–H groups in total. The number of rotatable bonds is 2. The Balaban J connectivity index is 5.87. The van der Waals surface area contributed by atoms with Gasteiger partial charge in [0, 0.05) is 6.20 Å². The molecular weight excluding hydrogens is 408 g/mol. The predicted octanol–water partition coefficient (Wildman–Crippen LogP) is 4.86. The molecule has 0 aromatic carbocycles. The van der Waals surface area contributed by atoms with Crippen LogP contribution >= 0.6 is 15.9 Å². The van der Waals surface area contributed by atoms with Gasteiger partial charge in [-0.05, 0) is 15.9 Å². The molecule has 126 valence electrons. The third kappa shape index (κ3) is 5.70. The Bertz CT molecular complexity index is 359. The molecule has 0 aliphatic rings. The van der Waals surface area contributed by atoms with E-state index in [0.717, 1.165) is 0 Å². The van der Waals surface area contributed by atoms with Gasteiger partial charge in [-0.2, -0.15) is 9.80 Å². The molecule has 0 heterocycles. The van der Waals surface area contributed by atoms with Crippen molar-refractivity contribution in [3.05, 3.63) is 10.8 Å². The summed E-state index contributed by atoms with van der Waals surface area (Å²) in [5.74, 6) is 0. The van der Waals surface area contributed by atoms with Crippen LogP contribution in [0.15, 0.2) is 10.8 Å². The molecule has 0 spiro atoms. The van der Waals surface area contributed by atoms with Gasteiger partial charge in [0.25, 0.3) is 0 Å². The van der Waals surface area contributed by atoms with Crippen molar-refractivity contribution in [2.24, 2.45) is 0 Å². The van der Waals surface area contributed by atoms with Crippen molar-refractivity contribution in [1.29, 1.82) is 0 Å². The first-order chi connectivity index (χ1) is 8.88. The van der Waals surface area contributed by atoms with E-state index in [-0.39, 0.29) is 0 Å². The van der Waals surface area contributed by atoms with E-state index in [2.05, 4.69) is 0 Å². The first kappa shape index (κ1) is 20.0.